The van der Waals surface area contributed by atoms with Crippen molar-refractivity contribution in [3.05, 3.63) is 0 Å². The van der Waals surface area contributed by atoms with Gasteiger partial charge in [0.05, 0.1) is 5.50 Å². The van der Waals surface area contributed by atoms with Crippen LogP contribution in [0.3, 0.4) is 0 Å². The van der Waals surface area contributed by atoms with Crippen molar-refractivity contribution >= 4 is 20.2 Å². The molecule has 0 fully saturated rings. The largest absolute Gasteiger partial charge is 0.394 e. The summed E-state index contributed by atoms with van der Waals surface area (Å²) >= 11 is 5.79. The van der Waals surface area contributed by atoms with Gasteiger partial charge in [-0.05, 0) is 19.9 Å². The Bertz CT molecular complexity index is 88.4. The predicted molar refractivity (Wildman–Crippen MR) is 50.2 cm³/mol. The quantitative estimate of drug-likeness (QED) is 0.480. The first kappa shape index (κ1) is 11.4. The summed E-state index contributed by atoms with van der Waals surface area (Å²) in [5, 5.41) is 0. The summed E-state index contributed by atoms with van der Waals surface area (Å²) in [6.45, 7) is 7.42. The van der Waals surface area contributed by atoms with Crippen molar-refractivity contribution in [1.29, 1.82) is 0 Å². The topological polar surface area (TPSA) is 18.5 Å². The summed E-state index contributed by atoms with van der Waals surface area (Å²) in [4.78, 5) is 0. The number of alkyl halides is 1. The lowest BCUT2D eigenvalue weighted by atomic mass is 10.9. The van der Waals surface area contributed by atoms with Gasteiger partial charge >= 0.3 is 8.56 Å². The molecule has 0 unspecified atom stereocenters. The average molecular weight is 197 g/mol. The fraction of sp³-hybridized carbons (Fsp3) is 1.00. The van der Waals surface area contributed by atoms with Crippen LogP contribution in [0, 0.1) is 0 Å². The van der Waals surface area contributed by atoms with Gasteiger partial charge in [-0.2, -0.15) is 0 Å². The summed E-state index contributed by atoms with van der Waals surface area (Å²) in [6.07, 6.45) is 0. The molecular formula is C7H17ClO2Si. The molecule has 0 amide bonds. The zero-order chi connectivity index (χ0) is 8.74. The Balaban J connectivity index is 3.96. The van der Waals surface area contributed by atoms with Crippen LogP contribution in [-0.4, -0.2) is 27.3 Å². The molecule has 0 saturated carbocycles. The molecule has 0 rings (SSSR count). The lowest BCUT2D eigenvalue weighted by molar-refractivity contribution is 0.189. The van der Waals surface area contributed by atoms with Gasteiger partial charge in [0.1, 0.15) is 0 Å². The van der Waals surface area contributed by atoms with E-state index in [0.717, 1.165) is 6.04 Å². The number of hydrogen-bond acceptors (Lipinski definition) is 2. The zero-order valence-corrected chi connectivity index (χ0v) is 9.28. The molecule has 0 saturated heterocycles. The molecule has 0 aliphatic rings. The standard InChI is InChI=1S/C7H17ClO2Si/c1-4-9-11(6-3,7-8)10-5-2/h4-7H2,1-3H3. The maximum Gasteiger partial charge on any atom is 0.353 e. The fourth-order valence-electron chi connectivity index (χ4n) is 0.944. The molecular weight excluding hydrogens is 180 g/mol. The van der Waals surface area contributed by atoms with E-state index in [9.17, 15) is 0 Å². The lowest BCUT2D eigenvalue weighted by Gasteiger charge is -2.26. The summed E-state index contributed by atoms with van der Waals surface area (Å²) in [5.74, 6) is 0. The fourth-order valence-corrected chi connectivity index (χ4v) is 3.86. The minimum atomic E-state index is -1.98. The van der Waals surface area contributed by atoms with Crippen LogP contribution < -0.4 is 0 Å². The van der Waals surface area contributed by atoms with Crippen molar-refractivity contribution in [2.45, 2.75) is 26.8 Å². The summed E-state index contributed by atoms with van der Waals surface area (Å²) in [7, 11) is -1.98. The molecule has 0 atom stereocenters. The first-order chi connectivity index (χ1) is 5.24. The van der Waals surface area contributed by atoms with Gasteiger partial charge in [-0.15, -0.1) is 11.6 Å². The molecule has 0 aromatic heterocycles. The molecule has 0 bridgehead atoms. The number of rotatable bonds is 6. The first-order valence-corrected chi connectivity index (χ1v) is 6.85. The van der Waals surface area contributed by atoms with Crippen molar-refractivity contribution in [3.63, 3.8) is 0 Å². The van der Waals surface area contributed by atoms with Gasteiger partial charge < -0.3 is 8.85 Å². The first-order valence-electron chi connectivity index (χ1n) is 4.08. The van der Waals surface area contributed by atoms with E-state index in [1.165, 1.54) is 0 Å². The highest BCUT2D eigenvalue weighted by atomic mass is 35.5. The summed E-state index contributed by atoms with van der Waals surface area (Å²) < 4.78 is 11.1. The van der Waals surface area contributed by atoms with Crippen LogP contribution in [0.4, 0.5) is 0 Å². The van der Waals surface area contributed by atoms with E-state index in [4.69, 9.17) is 20.5 Å². The second-order valence-corrected chi connectivity index (χ2v) is 6.44. The van der Waals surface area contributed by atoms with E-state index in [0.29, 0.717) is 18.7 Å². The number of halogens is 1. The van der Waals surface area contributed by atoms with E-state index in [-0.39, 0.29) is 0 Å². The second kappa shape index (κ2) is 6.00. The van der Waals surface area contributed by atoms with Crippen molar-refractivity contribution in [3.8, 4) is 0 Å². The SMILES string of the molecule is CCO[Si](CC)(CCl)OCC. The Morgan fingerprint density at radius 2 is 1.55 bits per heavy atom. The number of hydrogen-bond donors (Lipinski definition) is 0. The van der Waals surface area contributed by atoms with E-state index in [2.05, 4.69) is 6.92 Å². The van der Waals surface area contributed by atoms with Crippen LogP contribution in [0.25, 0.3) is 0 Å². The smallest absolute Gasteiger partial charge is 0.353 e. The van der Waals surface area contributed by atoms with Gasteiger partial charge in [0.15, 0.2) is 0 Å². The lowest BCUT2D eigenvalue weighted by Crippen LogP contribution is -2.44. The van der Waals surface area contributed by atoms with Gasteiger partial charge in [0.2, 0.25) is 0 Å². The molecule has 68 valence electrons. The van der Waals surface area contributed by atoms with Crippen LogP contribution in [0.15, 0.2) is 0 Å². The molecule has 4 heteroatoms. The third-order valence-electron chi connectivity index (χ3n) is 1.56. The molecule has 0 spiro atoms. The molecule has 2 nitrogen and oxygen atoms in total. The zero-order valence-electron chi connectivity index (χ0n) is 7.52. The predicted octanol–water partition coefficient (Wildman–Crippen LogP) is 2.30. The molecule has 0 aromatic rings. The third-order valence-corrected chi connectivity index (χ3v) is 5.89. The third kappa shape index (κ3) is 3.56. The second-order valence-electron chi connectivity index (χ2n) is 2.26. The molecule has 0 aromatic carbocycles. The molecule has 0 aliphatic heterocycles. The van der Waals surface area contributed by atoms with E-state index >= 15 is 0 Å². The van der Waals surface area contributed by atoms with Gasteiger partial charge in [-0.1, -0.05) is 6.92 Å². The van der Waals surface area contributed by atoms with Crippen molar-refractivity contribution in [1.82, 2.24) is 0 Å². The Hall–Kier alpha value is 0.427. The van der Waals surface area contributed by atoms with E-state index < -0.39 is 8.56 Å². The Labute approximate surface area is 75.1 Å². The van der Waals surface area contributed by atoms with E-state index in [1.807, 2.05) is 13.8 Å². The normalized spacial score (nSPS) is 12.0. The molecule has 0 aliphatic carbocycles. The van der Waals surface area contributed by atoms with Crippen molar-refractivity contribution < 1.29 is 8.85 Å². The average Bonchev–Trinajstić information content (AvgIpc) is 2.04. The molecule has 0 heterocycles. The van der Waals surface area contributed by atoms with Crippen molar-refractivity contribution in [2.24, 2.45) is 0 Å². The van der Waals surface area contributed by atoms with E-state index in [1.54, 1.807) is 0 Å². The van der Waals surface area contributed by atoms with Crippen LogP contribution in [0.2, 0.25) is 6.04 Å². The van der Waals surface area contributed by atoms with Gasteiger partial charge in [0.25, 0.3) is 0 Å². The van der Waals surface area contributed by atoms with Crippen molar-refractivity contribution in [2.75, 3.05) is 18.7 Å². The molecule has 11 heavy (non-hydrogen) atoms. The van der Waals surface area contributed by atoms with Crippen LogP contribution in [-0.2, 0) is 8.85 Å². The molecule has 0 N–H and O–H groups in total. The summed E-state index contributed by atoms with van der Waals surface area (Å²) in [5.41, 5.74) is 0.533. The highest BCUT2D eigenvalue weighted by Gasteiger charge is 2.33. The van der Waals surface area contributed by atoms with Gasteiger partial charge in [-0.3, -0.25) is 0 Å². The van der Waals surface area contributed by atoms with Gasteiger partial charge in [-0.25, -0.2) is 0 Å². The van der Waals surface area contributed by atoms with Gasteiger partial charge in [0, 0.05) is 13.2 Å². The Morgan fingerprint density at radius 3 is 1.73 bits per heavy atom. The Kier molecular flexibility index (Phi) is 6.23. The summed E-state index contributed by atoms with van der Waals surface area (Å²) in [6, 6.07) is 0.929. The Morgan fingerprint density at radius 1 is 1.09 bits per heavy atom. The minimum Gasteiger partial charge on any atom is -0.394 e. The van der Waals surface area contributed by atoms with Crippen LogP contribution in [0.1, 0.15) is 20.8 Å². The minimum absolute atomic E-state index is 0.533. The molecule has 0 radical (unpaired) electrons. The highest BCUT2D eigenvalue weighted by molar-refractivity contribution is 6.74. The maximum atomic E-state index is 5.79. The van der Waals surface area contributed by atoms with Crippen LogP contribution in [0.5, 0.6) is 0 Å². The maximum absolute atomic E-state index is 5.79. The monoisotopic (exact) mass is 196 g/mol. The van der Waals surface area contributed by atoms with Crippen LogP contribution >= 0.6 is 11.6 Å². The highest BCUT2D eigenvalue weighted by Crippen LogP contribution is 2.14.